The van der Waals surface area contributed by atoms with Gasteiger partial charge in [0.15, 0.2) is 0 Å². The highest BCUT2D eigenvalue weighted by Gasteiger charge is 2.44. The Kier molecular flexibility index (Phi) is 5.14. The molecule has 0 bridgehead atoms. The van der Waals surface area contributed by atoms with Crippen LogP contribution >= 0.6 is 0 Å². The highest BCUT2D eigenvalue weighted by atomic mass is 16.5. The predicted octanol–water partition coefficient (Wildman–Crippen LogP) is 5.56. The number of aryl methyl sites for hydroxylation is 1. The number of nitriles is 1. The standard InChI is InChI=1S/C27H25N5O2/c1-17-7-9-19(10-8-17)24-30-25(34-31-24)20-11-13-32(14-12-20)27-23(16-28)29-26(33-27)22-15-21(22)18-5-3-2-4-6-18/h2-10,20-22H,11-15H2,1H3/t21-,22+/m0/s1. The molecule has 7 heteroatoms. The van der Waals surface area contributed by atoms with Crippen molar-refractivity contribution >= 4 is 5.88 Å². The molecule has 7 nitrogen and oxygen atoms in total. The first kappa shape index (κ1) is 20.7. The zero-order valence-corrected chi connectivity index (χ0v) is 19.0. The van der Waals surface area contributed by atoms with E-state index in [1.807, 2.05) is 30.3 Å². The molecule has 170 valence electrons. The van der Waals surface area contributed by atoms with Crippen molar-refractivity contribution in [3.8, 4) is 17.5 Å². The zero-order valence-electron chi connectivity index (χ0n) is 19.0. The SMILES string of the molecule is Cc1ccc(-c2noc(C3CCN(c4oc([C@@H]5C[C@H]5c5ccccc5)nc4C#N)CC3)n2)cc1. The normalized spacial score (nSPS) is 20.3. The Morgan fingerprint density at radius 2 is 1.71 bits per heavy atom. The molecule has 0 unspecified atom stereocenters. The number of rotatable bonds is 5. The largest absolute Gasteiger partial charge is 0.423 e. The average Bonchev–Trinajstić information content (AvgIpc) is 3.32. The van der Waals surface area contributed by atoms with Crippen LogP contribution < -0.4 is 4.90 Å². The minimum atomic E-state index is 0.196. The Morgan fingerprint density at radius 1 is 0.941 bits per heavy atom. The summed E-state index contributed by atoms with van der Waals surface area (Å²) in [5.41, 5.74) is 3.84. The Hall–Kier alpha value is -3.92. The molecule has 1 saturated carbocycles. The van der Waals surface area contributed by atoms with Crippen LogP contribution in [-0.4, -0.2) is 28.2 Å². The minimum absolute atomic E-state index is 0.196. The van der Waals surface area contributed by atoms with Gasteiger partial charge in [0.1, 0.15) is 6.07 Å². The molecule has 4 aromatic rings. The molecular formula is C27H25N5O2. The molecule has 1 aliphatic heterocycles. The number of hydrogen-bond acceptors (Lipinski definition) is 7. The molecule has 0 N–H and O–H groups in total. The third kappa shape index (κ3) is 3.86. The Bertz CT molecular complexity index is 1330. The van der Waals surface area contributed by atoms with Gasteiger partial charge in [-0.3, -0.25) is 0 Å². The highest BCUT2D eigenvalue weighted by Crippen LogP contribution is 2.55. The number of aromatic nitrogens is 3. The van der Waals surface area contributed by atoms with E-state index in [1.54, 1.807) is 0 Å². The lowest BCUT2D eigenvalue weighted by molar-refractivity contribution is 0.326. The van der Waals surface area contributed by atoms with Crippen LogP contribution in [0.1, 0.15) is 65.6 Å². The third-order valence-corrected chi connectivity index (χ3v) is 6.95. The summed E-state index contributed by atoms with van der Waals surface area (Å²) in [5, 5.41) is 13.9. The summed E-state index contributed by atoms with van der Waals surface area (Å²) in [5.74, 6) is 3.45. The second kappa shape index (κ2) is 8.45. The van der Waals surface area contributed by atoms with Crippen LogP contribution in [0, 0.1) is 18.3 Å². The van der Waals surface area contributed by atoms with Gasteiger partial charge >= 0.3 is 0 Å². The Morgan fingerprint density at radius 3 is 2.44 bits per heavy atom. The molecule has 3 heterocycles. The molecule has 2 fully saturated rings. The van der Waals surface area contributed by atoms with Crippen molar-refractivity contribution in [2.45, 2.75) is 43.9 Å². The molecule has 1 saturated heterocycles. The van der Waals surface area contributed by atoms with Gasteiger partial charge in [-0.2, -0.15) is 10.2 Å². The maximum Gasteiger partial charge on any atom is 0.234 e. The summed E-state index contributed by atoms with van der Waals surface area (Å²) in [4.78, 5) is 11.3. The van der Waals surface area contributed by atoms with Gasteiger partial charge in [-0.15, -0.1) is 0 Å². The molecule has 2 aromatic heterocycles. The molecule has 6 rings (SSSR count). The number of nitrogens with zero attached hydrogens (tertiary/aromatic N) is 5. The van der Waals surface area contributed by atoms with Crippen molar-refractivity contribution in [1.29, 1.82) is 5.26 Å². The van der Waals surface area contributed by atoms with Gasteiger partial charge in [-0.05, 0) is 37.7 Å². The first-order valence-corrected chi connectivity index (χ1v) is 11.8. The van der Waals surface area contributed by atoms with Crippen LogP contribution in [0.3, 0.4) is 0 Å². The van der Waals surface area contributed by atoms with E-state index < -0.39 is 0 Å². The van der Waals surface area contributed by atoms with Crippen molar-refractivity contribution in [1.82, 2.24) is 15.1 Å². The van der Waals surface area contributed by atoms with Crippen molar-refractivity contribution < 1.29 is 8.94 Å². The van der Waals surface area contributed by atoms with E-state index in [2.05, 4.69) is 57.3 Å². The second-order valence-electron chi connectivity index (χ2n) is 9.26. The summed E-state index contributed by atoms with van der Waals surface area (Å²) in [6, 6.07) is 20.8. The summed E-state index contributed by atoms with van der Waals surface area (Å²) >= 11 is 0. The number of benzene rings is 2. The average molecular weight is 452 g/mol. The van der Waals surface area contributed by atoms with Crippen molar-refractivity contribution in [2.75, 3.05) is 18.0 Å². The fourth-order valence-electron chi connectivity index (χ4n) is 4.86. The van der Waals surface area contributed by atoms with Crippen LogP contribution in [0.4, 0.5) is 5.88 Å². The van der Waals surface area contributed by atoms with E-state index in [4.69, 9.17) is 8.94 Å². The monoisotopic (exact) mass is 451 g/mol. The van der Waals surface area contributed by atoms with E-state index >= 15 is 0 Å². The topological polar surface area (TPSA) is 92.0 Å². The molecule has 1 aliphatic carbocycles. The molecule has 0 amide bonds. The van der Waals surface area contributed by atoms with E-state index in [1.165, 1.54) is 11.1 Å². The first-order chi connectivity index (χ1) is 16.7. The summed E-state index contributed by atoms with van der Waals surface area (Å²) in [6.45, 7) is 3.56. The van der Waals surface area contributed by atoms with Gasteiger partial charge < -0.3 is 13.8 Å². The first-order valence-electron chi connectivity index (χ1n) is 11.8. The van der Waals surface area contributed by atoms with E-state index in [0.29, 0.717) is 35.1 Å². The van der Waals surface area contributed by atoms with Gasteiger partial charge in [0, 0.05) is 30.5 Å². The lowest BCUT2D eigenvalue weighted by atomic mass is 9.97. The number of hydrogen-bond donors (Lipinski definition) is 0. The van der Waals surface area contributed by atoms with Crippen LogP contribution in [0.15, 0.2) is 63.5 Å². The molecule has 34 heavy (non-hydrogen) atoms. The minimum Gasteiger partial charge on any atom is -0.423 e. The van der Waals surface area contributed by atoms with Crippen molar-refractivity contribution in [3.63, 3.8) is 0 Å². The van der Waals surface area contributed by atoms with E-state index in [-0.39, 0.29) is 11.8 Å². The molecule has 0 radical (unpaired) electrons. The number of piperidine rings is 1. The lowest BCUT2D eigenvalue weighted by Gasteiger charge is -2.29. The molecule has 2 aliphatic rings. The summed E-state index contributed by atoms with van der Waals surface area (Å²) < 4.78 is 11.8. The molecule has 2 atom stereocenters. The Balaban J connectivity index is 1.13. The number of oxazole rings is 1. The smallest absolute Gasteiger partial charge is 0.234 e. The second-order valence-corrected chi connectivity index (χ2v) is 9.26. The fraction of sp³-hybridized carbons (Fsp3) is 0.333. The summed E-state index contributed by atoms with van der Waals surface area (Å²) in [7, 11) is 0. The van der Waals surface area contributed by atoms with Gasteiger partial charge in [0.25, 0.3) is 0 Å². The van der Waals surface area contributed by atoms with Crippen molar-refractivity contribution in [2.24, 2.45) is 0 Å². The van der Waals surface area contributed by atoms with Crippen LogP contribution in [0.2, 0.25) is 0 Å². The Labute approximate surface area is 198 Å². The van der Waals surface area contributed by atoms with Crippen LogP contribution in [0.25, 0.3) is 11.4 Å². The molecule has 0 spiro atoms. The quantitative estimate of drug-likeness (QED) is 0.392. The molecule has 2 aromatic carbocycles. The van der Waals surface area contributed by atoms with Gasteiger partial charge in [0.2, 0.25) is 29.2 Å². The number of anilines is 1. The van der Waals surface area contributed by atoms with Crippen LogP contribution in [0.5, 0.6) is 0 Å². The van der Waals surface area contributed by atoms with E-state index in [9.17, 15) is 5.26 Å². The van der Waals surface area contributed by atoms with Gasteiger partial charge in [0.05, 0.1) is 0 Å². The van der Waals surface area contributed by atoms with E-state index in [0.717, 1.165) is 37.9 Å². The zero-order chi connectivity index (χ0) is 23.1. The fourth-order valence-corrected chi connectivity index (χ4v) is 4.86. The molecular weight excluding hydrogens is 426 g/mol. The summed E-state index contributed by atoms with van der Waals surface area (Å²) in [6.07, 6.45) is 2.72. The van der Waals surface area contributed by atoms with Crippen molar-refractivity contribution in [3.05, 3.63) is 83.2 Å². The maximum absolute atomic E-state index is 9.67. The lowest BCUT2D eigenvalue weighted by Crippen LogP contribution is -2.33. The van der Waals surface area contributed by atoms with Gasteiger partial charge in [-0.1, -0.05) is 65.3 Å². The predicted molar refractivity (Wildman–Crippen MR) is 126 cm³/mol. The highest BCUT2D eigenvalue weighted by molar-refractivity contribution is 5.54. The van der Waals surface area contributed by atoms with Gasteiger partial charge in [-0.25, -0.2) is 4.98 Å². The third-order valence-electron chi connectivity index (χ3n) is 6.95. The maximum atomic E-state index is 9.67. The van der Waals surface area contributed by atoms with Crippen LogP contribution in [-0.2, 0) is 0 Å².